The van der Waals surface area contributed by atoms with Gasteiger partial charge in [0.05, 0.1) is 13.7 Å². The number of rotatable bonds is 6. The fourth-order valence-corrected chi connectivity index (χ4v) is 2.23. The minimum Gasteiger partial charge on any atom is -0.497 e. The van der Waals surface area contributed by atoms with Crippen molar-refractivity contribution in [2.24, 2.45) is 0 Å². The zero-order chi connectivity index (χ0) is 17.5. The highest BCUT2D eigenvalue weighted by molar-refractivity contribution is 6.39. The van der Waals surface area contributed by atoms with Gasteiger partial charge < -0.3 is 9.47 Å². The lowest BCUT2D eigenvalue weighted by atomic mass is 9.96. The number of methoxy groups -OCH3 is 1. The zero-order valence-electron chi connectivity index (χ0n) is 14.0. The van der Waals surface area contributed by atoms with Crippen molar-refractivity contribution >= 4 is 17.3 Å². The van der Waals surface area contributed by atoms with Crippen LogP contribution in [0.3, 0.4) is 0 Å². The smallest absolute Gasteiger partial charge is 0.379 e. The summed E-state index contributed by atoms with van der Waals surface area (Å²) in [5.41, 5.74) is 3.45. The van der Waals surface area contributed by atoms with Crippen LogP contribution in [0.4, 0.5) is 0 Å². The van der Waals surface area contributed by atoms with E-state index in [1.807, 2.05) is 55.5 Å². The molecule has 0 atom stereocenters. The second-order valence-electron chi connectivity index (χ2n) is 5.24. The first-order valence-corrected chi connectivity index (χ1v) is 7.69. The molecule has 0 unspecified atom stereocenters. The van der Waals surface area contributed by atoms with Crippen molar-refractivity contribution in [2.75, 3.05) is 13.7 Å². The van der Waals surface area contributed by atoms with Gasteiger partial charge in [-0.15, -0.1) is 0 Å². The molecule has 0 N–H and O–H groups in total. The zero-order valence-corrected chi connectivity index (χ0v) is 14.0. The number of esters is 1. The lowest BCUT2D eigenvalue weighted by Crippen LogP contribution is -2.15. The van der Waals surface area contributed by atoms with Crippen molar-refractivity contribution in [3.05, 3.63) is 71.3 Å². The van der Waals surface area contributed by atoms with E-state index in [-0.39, 0.29) is 6.61 Å². The van der Waals surface area contributed by atoms with E-state index < -0.39 is 11.8 Å². The third kappa shape index (κ3) is 4.32. The molecule has 0 saturated heterocycles. The van der Waals surface area contributed by atoms with Crippen LogP contribution in [0.15, 0.2) is 54.6 Å². The van der Waals surface area contributed by atoms with Crippen LogP contribution in [0.1, 0.15) is 23.6 Å². The number of carbonyl (C=O) groups excluding carboxylic acids is 2. The largest absolute Gasteiger partial charge is 0.497 e. The monoisotopic (exact) mass is 324 g/mol. The predicted molar refractivity (Wildman–Crippen MR) is 92.9 cm³/mol. The molecule has 0 spiro atoms. The van der Waals surface area contributed by atoms with E-state index in [4.69, 9.17) is 9.47 Å². The van der Waals surface area contributed by atoms with E-state index in [2.05, 4.69) is 0 Å². The number of hydrogen-bond donors (Lipinski definition) is 0. The Kier molecular flexibility index (Phi) is 5.90. The first-order valence-electron chi connectivity index (χ1n) is 7.69. The summed E-state index contributed by atoms with van der Waals surface area (Å²) in [7, 11) is 1.59. The average Bonchev–Trinajstić information content (AvgIpc) is 2.60. The molecule has 0 fully saturated rings. The predicted octanol–water partition coefficient (Wildman–Crippen LogP) is 3.57. The number of ketones is 1. The summed E-state index contributed by atoms with van der Waals surface area (Å²) in [5.74, 6) is -0.808. The molecular formula is C20H20O4. The van der Waals surface area contributed by atoms with Crippen LogP contribution < -0.4 is 4.74 Å². The van der Waals surface area contributed by atoms with Gasteiger partial charge in [-0.05, 0) is 42.7 Å². The van der Waals surface area contributed by atoms with Crippen LogP contribution in [-0.2, 0) is 14.3 Å². The molecule has 24 heavy (non-hydrogen) atoms. The second kappa shape index (κ2) is 8.11. The maximum atomic E-state index is 12.1. The minimum absolute atomic E-state index is 0.167. The maximum absolute atomic E-state index is 12.1. The highest BCUT2D eigenvalue weighted by Crippen LogP contribution is 2.25. The van der Waals surface area contributed by atoms with Gasteiger partial charge in [0.25, 0.3) is 5.78 Å². The second-order valence-corrected chi connectivity index (χ2v) is 5.24. The molecule has 4 nitrogen and oxygen atoms in total. The summed E-state index contributed by atoms with van der Waals surface area (Å²) in [6.45, 7) is 3.82. The molecule has 0 radical (unpaired) electrons. The lowest BCUT2D eigenvalue weighted by Gasteiger charge is -2.10. The number of benzene rings is 2. The molecule has 0 aliphatic rings. The van der Waals surface area contributed by atoms with Gasteiger partial charge in [-0.25, -0.2) is 4.79 Å². The highest BCUT2D eigenvalue weighted by Gasteiger charge is 2.15. The molecule has 2 aromatic rings. The summed E-state index contributed by atoms with van der Waals surface area (Å²) in [6.07, 6.45) is 1.32. The van der Waals surface area contributed by atoms with Gasteiger partial charge in [-0.1, -0.05) is 42.0 Å². The molecule has 124 valence electrons. The third-order valence-electron chi connectivity index (χ3n) is 3.52. The normalized spacial score (nSPS) is 11.0. The average molecular weight is 324 g/mol. The Balaban J connectivity index is 2.46. The molecule has 0 aromatic heterocycles. The van der Waals surface area contributed by atoms with Gasteiger partial charge in [0.1, 0.15) is 5.75 Å². The molecule has 2 aromatic carbocycles. The molecule has 0 heterocycles. The fourth-order valence-electron chi connectivity index (χ4n) is 2.23. The first kappa shape index (κ1) is 17.5. The summed E-state index contributed by atoms with van der Waals surface area (Å²) < 4.78 is 9.94. The Bertz CT molecular complexity index is 740. The van der Waals surface area contributed by atoms with E-state index in [1.54, 1.807) is 14.0 Å². The van der Waals surface area contributed by atoms with Crippen LogP contribution in [0.5, 0.6) is 5.75 Å². The van der Waals surface area contributed by atoms with Crippen LogP contribution in [0.25, 0.3) is 5.57 Å². The van der Waals surface area contributed by atoms with Gasteiger partial charge in [-0.3, -0.25) is 4.79 Å². The Labute approximate surface area is 141 Å². The molecule has 0 saturated carbocycles. The van der Waals surface area contributed by atoms with Crippen LogP contribution in [0.2, 0.25) is 0 Å². The first-order chi connectivity index (χ1) is 11.5. The molecule has 4 heteroatoms. The molecular weight excluding hydrogens is 304 g/mol. The Morgan fingerprint density at radius 1 is 0.958 bits per heavy atom. The molecule has 0 bridgehead atoms. The van der Waals surface area contributed by atoms with Crippen molar-refractivity contribution < 1.29 is 19.1 Å². The molecule has 0 amide bonds. The van der Waals surface area contributed by atoms with Crippen LogP contribution in [0, 0.1) is 6.92 Å². The number of ether oxygens (including phenoxy) is 2. The fraction of sp³-hybridized carbons (Fsp3) is 0.200. The van der Waals surface area contributed by atoms with E-state index in [9.17, 15) is 9.59 Å². The van der Waals surface area contributed by atoms with Crippen LogP contribution in [-0.4, -0.2) is 25.5 Å². The van der Waals surface area contributed by atoms with Crippen molar-refractivity contribution in [3.8, 4) is 5.75 Å². The summed E-state index contributed by atoms with van der Waals surface area (Å²) in [4.78, 5) is 23.8. The van der Waals surface area contributed by atoms with Crippen molar-refractivity contribution in [1.29, 1.82) is 0 Å². The highest BCUT2D eigenvalue weighted by atomic mass is 16.5. The molecule has 0 aliphatic heterocycles. The topological polar surface area (TPSA) is 52.6 Å². The number of carbonyl (C=O) groups is 2. The number of hydrogen-bond acceptors (Lipinski definition) is 4. The van der Waals surface area contributed by atoms with E-state index in [1.165, 1.54) is 6.08 Å². The Morgan fingerprint density at radius 3 is 2.00 bits per heavy atom. The van der Waals surface area contributed by atoms with Gasteiger partial charge in [0, 0.05) is 6.08 Å². The number of aryl methyl sites for hydroxylation is 1. The van der Waals surface area contributed by atoms with Crippen molar-refractivity contribution in [3.63, 3.8) is 0 Å². The summed E-state index contributed by atoms with van der Waals surface area (Å²) in [6, 6.07) is 15.1. The van der Waals surface area contributed by atoms with E-state index >= 15 is 0 Å². The quantitative estimate of drug-likeness (QED) is 0.463. The Morgan fingerprint density at radius 2 is 1.50 bits per heavy atom. The van der Waals surface area contributed by atoms with Crippen molar-refractivity contribution in [2.45, 2.75) is 13.8 Å². The summed E-state index contributed by atoms with van der Waals surface area (Å²) >= 11 is 0. The SMILES string of the molecule is CCOC(=O)C(=O)/C=C(/c1ccc(C)cc1)c1ccc(OC)cc1. The summed E-state index contributed by atoms with van der Waals surface area (Å²) in [5, 5.41) is 0. The van der Waals surface area contributed by atoms with Gasteiger partial charge in [0.15, 0.2) is 0 Å². The van der Waals surface area contributed by atoms with E-state index in [0.29, 0.717) is 5.57 Å². The van der Waals surface area contributed by atoms with Gasteiger partial charge in [0.2, 0.25) is 0 Å². The lowest BCUT2D eigenvalue weighted by molar-refractivity contribution is -0.151. The molecule has 2 rings (SSSR count). The minimum atomic E-state index is -0.851. The Hall–Kier alpha value is -2.88. The van der Waals surface area contributed by atoms with Gasteiger partial charge in [-0.2, -0.15) is 0 Å². The van der Waals surface area contributed by atoms with Crippen LogP contribution >= 0.6 is 0 Å². The van der Waals surface area contributed by atoms with E-state index in [0.717, 1.165) is 22.4 Å². The standard InChI is InChI=1S/C20H20O4/c1-4-24-20(22)19(21)13-18(15-7-5-14(2)6-8-15)16-9-11-17(23-3)12-10-16/h5-13H,4H2,1-3H3/b18-13-. The van der Waals surface area contributed by atoms with Gasteiger partial charge >= 0.3 is 5.97 Å². The third-order valence-corrected chi connectivity index (χ3v) is 3.52. The molecule has 0 aliphatic carbocycles. The van der Waals surface area contributed by atoms with Crippen molar-refractivity contribution in [1.82, 2.24) is 0 Å². The maximum Gasteiger partial charge on any atom is 0.379 e.